The lowest BCUT2D eigenvalue weighted by Gasteiger charge is -2.16. The third kappa shape index (κ3) is 1.83. The van der Waals surface area contributed by atoms with Gasteiger partial charge in [0.15, 0.2) is 12.0 Å². The molecule has 0 unspecified atom stereocenters. The molecule has 1 saturated heterocycles. The van der Waals surface area contributed by atoms with Crippen molar-refractivity contribution in [3.63, 3.8) is 0 Å². The van der Waals surface area contributed by atoms with E-state index < -0.39 is 24.5 Å². The van der Waals surface area contributed by atoms with E-state index in [1.807, 2.05) is 0 Å². The van der Waals surface area contributed by atoms with Crippen LogP contribution in [-0.2, 0) is 4.74 Å². The van der Waals surface area contributed by atoms with E-state index in [1.165, 1.54) is 12.5 Å². The van der Waals surface area contributed by atoms with Gasteiger partial charge in [-0.2, -0.15) is 5.10 Å². The first-order valence-corrected chi connectivity index (χ1v) is 6.15. The molecule has 0 radical (unpaired) electrons. The van der Waals surface area contributed by atoms with Gasteiger partial charge >= 0.3 is 0 Å². The zero-order valence-electron chi connectivity index (χ0n) is 10.7. The summed E-state index contributed by atoms with van der Waals surface area (Å²) < 4.78 is 7.03. The first-order valence-electron chi connectivity index (χ1n) is 6.15. The van der Waals surface area contributed by atoms with Crippen LogP contribution in [0.1, 0.15) is 6.23 Å². The fraction of sp³-hybridized carbons (Fsp3) is 0.545. The monoisotopic (exact) mass is 281 g/mol. The summed E-state index contributed by atoms with van der Waals surface area (Å²) in [4.78, 5) is 4.21. The molecule has 9 heteroatoms. The molecule has 1 aliphatic heterocycles. The summed E-state index contributed by atoms with van der Waals surface area (Å²) in [6.45, 7) is -0.372. The maximum Gasteiger partial charge on any atom is 0.176 e. The largest absolute Gasteiger partial charge is 0.394 e. The molecule has 20 heavy (non-hydrogen) atoms. The first-order chi connectivity index (χ1) is 9.67. The summed E-state index contributed by atoms with van der Waals surface area (Å²) in [6.07, 6.45) is -0.989. The fourth-order valence-electron chi connectivity index (χ4n) is 2.35. The third-order valence-corrected chi connectivity index (χ3v) is 3.42. The van der Waals surface area contributed by atoms with Crippen LogP contribution in [0.2, 0.25) is 0 Å². The van der Waals surface area contributed by atoms with Crippen LogP contribution in [-0.4, -0.2) is 67.0 Å². The van der Waals surface area contributed by atoms with E-state index in [0.29, 0.717) is 16.9 Å². The Morgan fingerprint density at radius 2 is 2.20 bits per heavy atom. The number of aliphatic hydroxyl groups excluding tert-OH is 3. The minimum absolute atomic E-state index is 0.372. The Bertz CT molecular complexity index is 618. The Morgan fingerprint density at radius 1 is 1.40 bits per heavy atom. The van der Waals surface area contributed by atoms with Crippen LogP contribution in [0, 0.1) is 0 Å². The van der Waals surface area contributed by atoms with Crippen molar-refractivity contribution in [3.8, 4) is 0 Å². The van der Waals surface area contributed by atoms with Gasteiger partial charge in [-0.15, -0.1) is 5.10 Å². The summed E-state index contributed by atoms with van der Waals surface area (Å²) in [6, 6.07) is 0. The molecule has 2 aromatic heterocycles. The van der Waals surface area contributed by atoms with Gasteiger partial charge in [0.2, 0.25) is 0 Å². The number of ether oxygens (including phenoxy) is 1. The van der Waals surface area contributed by atoms with Crippen LogP contribution in [0.3, 0.4) is 0 Å². The summed E-state index contributed by atoms with van der Waals surface area (Å²) in [5.74, 6) is 0.507. The van der Waals surface area contributed by atoms with Crippen LogP contribution < -0.4 is 5.32 Å². The van der Waals surface area contributed by atoms with Gasteiger partial charge in [-0.25, -0.2) is 4.98 Å². The number of hydrogen-bond acceptors (Lipinski definition) is 8. The molecule has 9 nitrogen and oxygen atoms in total. The average molecular weight is 281 g/mol. The second-order valence-electron chi connectivity index (χ2n) is 4.56. The standard InChI is InChI=1S/C11H15N5O4/c1-12-10-7-5(2-14-15-10)16(4-13-7)11-9(19)8(18)6(3-17)20-11/h2,4,6,8-9,11,17-19H,3H2,1H3,(H,12,15)/t6-,8-,9-,11-/m1/s1. The first kappa shape index (κ1) is 13.2. The lowest BCUT2D eigenvalue weighted by molar-refractivity contribution is -0.0509. The number of imidazole rings is 1. The van der Waals surface area contributed by atoms with E-state index >= 15 is 0 Å². The molecule has 0 spiro atoms. The zero-order valence-corrected chi connectivity index (χ0v) is 10.7. The SMILES string of the molecule is CNc1nncc2c1ncn2[C@@H]1O[C@H](CO)[C@@H](O)[C@H]1O. The molecule has 4 atom stereocenters. The van der Waals surface area contributed by atoms with Crippen LogP contribution >= 0.6 is 0 Å². The smallest absolute Gasteiger partial charge is 0.176 e. The molecule has 0 saturated carbocycles. The fourth-order valence-corrected chi connectivity index (χ4v) is 2.35. The number of anilines is 1. The molecule has 108 valence electrons. The Hall–Kier alpha value is -1.81. The van der Waals surface area contributed by atoms with Crippen molar-refractivity contribution in [2.24, 2.45) is 0 Å². The van der Waals surface area contributed by atoms with Gasteiger partial charge < -0.3 is 25.4 Å². The van der Waals surface area contributed by atoms with Crippen LogP contribution in [0.5, 0.6) is 0 Å². The van der Waals surface area contributed by atoms with E-state index in [2.05, 4.69) is 20.5 Å². The zero-order chi connectivity index (χ0) is 14.3. The molecule has 3 rings (SSSR count). The molecule has 0 amide bonds. The quantitative estimate of drug-likeness (QED) is 0.534. The van der Waals surface area contributed by atoms with Gasteiger partial charge in [0.1, 0.15) is 23.8 Å². The molecule has 1 fully saturated rings. The molecular weight excluding hydrogens is 266 g/mol. The van der Waals surface area contributed by atoms with Crippen LogP contribution in [0.25, 0.3) is 11.0 Å². The predicted octanol–water partition coefficient (Wildman–Crippen LogP) is -1.52. The van der Waals surface area contributed by atoms with Crippen LogP contribution in [0.15, 0.2) is 12.5 Å². The highest BCUT2D eigenvalue weighted by molar-refractivity contribution is 5.84. The summed E-state index contributed by atoms with van der Waals surface area (Å²) >= 11 is 0. The molecule has 0 bridgehead atoms. The summed E-state index contributed by atoms with van der Waals surface area (Å²) in [5.41, 5.74) is 1.19. The van der Waals surface area contributed by atoms with Gasteiger partial charge in [0.25, 0.3) is 0 Å². The summed E-state index contributed by atoms with van der Waals surface area (Å²) in [5, 5.41) is 39.6. The minimum Gasteiger partial charge on any atom is -0.394 e. The molecule has 3 heterocycles. The number of nitrogens with zero attached hydrogens (tertiary/aromatic N) is 4. The van der Waals surface area contributed by atoms with Crippen molar-refractivity contribution in [1.82, 2.24) is 19.7 Å². The number of nitrogens with one attached hydrogen (secondary N) is 1. The van der Waals surface area contributed by atoms with Crippen LogP contribution in [0.4, 0.5) is 5.82 Å². The number of hydrogen-bond donors (Lipinski definition) is 4. The van der Waals surface area contributed by atoms with Crippen molar-refractivity contribution in [1.29, 1.82) is 0 Å². The summed E-state index contributed by atoms with van der Waals surface area (Å²) in [7, 11) is 1.70. The van der Waals surface area contributed by atoms with Gasteiger partial charge in [0, 0.05) is 7.05 Å². The third-order valence-electron chi connectivity index (χ3n) is 3.42. The van der Waals surface area contributed by atoms with E-state index in [9.17, 15) is 10.2 Å². The van der Waals surface area contributed by atoms with Crippen molar-refractivity contribution in [2.45, 2.75) is 24.5 Å². The Kier molecular flexibility index (Phi) is 3.26. The van der Waals surface area contributed by atoms with Gasteiger partial charge in [0.05, 0.1) is 24.6 Å². The van der Waals surface area contributed by atoms with E-state index in [0.717, 1.165) is 0 Å². The Morgan fingerprint density at radius 3 is 2.85 bits per heavy atom. The van der Waals surface area contributed by atoms with Crippen molar-refractivity contribution in [3.05, 3.63) is 12.5 Å². The second-order valence-corrected chi connectivity index (χ2v) is 4.56. The number of fused-ring (bicyclic) bond motifs is 1. The minimum atomic E-state index is -1.16. The number of rotatable bonds is 3. The second kappa shape index (κ2) is 4.94. The Balaban J connectivity index is 2.03. The lowest BCUT2D eigenvalue weighted by Crippen LogP contribution is -2.33. The maximum absolute atomic E-state index is 10.0. The van der Waals surface area contributed by atoms with E-state index in [4.69, 9.17) is 9.84 Å². The molecule has 0 aliphatic carbocycles. The maximum atomic E-state index is 10.0. The van der Waals surface area contributed by atoms with Crippen molar-refractivity contribution < 1.29 is 20.1 Å². The van der Waals surface area contributed by atoms with Gasteiger partial charge in [-0.3, -0.25) is 4.57 Å². The van der Waals surface area contributed by atoms with Gasteiger partial charge in [-0.05, 0) is 0 Å². The normalized spacial score (nSPS) is 30.0. The highest BCUT2D eigenvalue weighted by Gasteiger charge is 2.43. The molecule has 4 N–H and O–H groups in total. The van der Waals surface area contributed by atoms with Crippen molar-refractivity contribution in [2.75, 3.05) is 19.0 Å². The average Bonchev–Trinajstić information content (AvgIpc) is 3.01. The predicted molar refractivity (Wildman–Crippen MR) is 67.9 cm³/mol. The molecule has 2 aromatic rings. The van der Waals surface area contributed by atoms with E-state index in [-0.39, 0.29) is 6.61 Å². The van der Waals surface area contributed by atoms with Crippen molar-refractivity contribution >= 4 is 16.9 Å². The highest BCUT2D eigenvalue weighted by Crippen LogP contribution is 2.32. The topological polar surface area (TPSA) is 126 Å². The number of aromatic nitrogens is 4. The molecular formula is C11H15N5O4. The lowest BCUT2D eigenvalue weighted by atomic mass is 10.1. The molecule has 0 aromatic carbocycles. The Labute approximate surface area is 113 Å². The van der Waals surface area contributed by atoms with E-state index in [1.54, 1.807) is 11.6 Å². The number of aliphatic hydroxyl groups is 3. The highest BCUT2D eigenvalue weighted by atomic mass is 16.6. The molecule has 1 aliphatic rings. The van der Waals surface area contributed by atoms with Gasteiger partial charge in [-0.1, -0.05) is 0 Å².